The number of methoxy groups -OCH3 is 1. The third kappa shape index (κ3) is 4.87. The van der Waals surface area contributed by atoms with Crippen LogP contribution in [0.3, 0.4) is 0 Å². The second-order valence-electron chi connectivity index (χ2n) is 7.74. The normalized spacial score (nSPS) is 19.6. The first-order valence-electron chi connectivity index (χ1n) is 10.0. The first-order valence-corrected chi connectivity index (χ1v) is 11.0. The zero-order valence-electron chi connectivity index (χ0n) is 17.1. The fraction of sp³-hybridized carbons (Fsp3) is 0.571. The average molecular weight is 403 g/mol. The van der Waals surface area contributed by atoms with Crippen molar-refractivity contribution in [3.63, 3.8) is 0 Å². The summed E-state index contributed by atoms with van der Waals surface area (Å²) in [6, 6.07) is 8.43. The number of rotatable bonds is 7. The molecule has 0 unspecified atom stereocenters. The summed E-state index contributed by atoms with van der Waals surface area (Å²) in [5.41, 5.74) is 1.02. The number of amides is 1. The lowest BCUT2D eigenvalue weighted by atomic mass is 9.85. The summed E-state index contributed by atoms with van der Waals surface area (Å²) in [6.07, 6.45) is 4.82. The highest BCUT2D eigenvalue weighted by molar-refractivity contribution is 7.99. The molecule has 152 valence electrons. The lowest BCUT2D eigenvalue weighted by molar-refractivity contribution is -0.119. The molecule has 1 aromatic heterocycles. The second-order valence-corrected chi connectivity index (χ2v) is 8.69. The number of carbonyl (C=O) groups excluding carboxylic acids is 1. The molecule has 7 heteroatoms. The number of thioether (sulfide) groups is 1. The van der Waals surface area contributed by atoms with E-state index < -0.39 is 0 Å². The Morgan fingerprint density at radius 1 is 1.25 bits per heavy atom. The van der Waals surface area contributed by atoms with Gasteiger partial charge in [0.25, 0.3) is 0 Å². The monoisotopic (exact) mass is 402 g/mol. The molecule has 0 aliphatic heterocycles. The molecule has 0 saturated heterocycles. The lowest BCUT2D eigenvalue weighted by Gasteiger charge is -2.31. The van der Waals surface area contributed by atoms with Crippen LogP contribution >= 0.6 is 11.8 Å². The lowest BCUT2D eigenvalue weighted by Crippen LogP contribution is -2.31. The van der Waals surface area contributed by atoms with Crippen LogP contribution in [-0.2, 0) is 4.79 Å². The highest BCUT2D eigenvalue weighted by Crippen LogP contribution is 2.39. The molecule has 1 saturated carbocycles. The number of nitrogens with one attached hydrogen (secondary N) is 1. The van der Waals surface area contributed by atoms with Crippen molar-refractivity contribution in [2.45, 2.75) is 63.7 Å². The van der Waals surface area contributed by atoms with Gasteiger partial charge in [0.15, 0.2) is 11.0 Å². The van der Waals surface area contributed by atoms with Crippen LogP contribution in [0.2, 0.25) is 0 Å². The van der Waals surface area contributed by atoms with Crippen LogP contribution in [0.25, 0.3) is 11.4 Å². The molecule has 2 atom stereocenters. The van der Waals surface area contributed by atoms with Gasteiger partial charge in [0.1, 0.15) is 5.75 Å². The van der Waals surface area contributed by atoms with Gasteiger partial charge in [-0.25, -0.2) is 0 Å². The van der Waals surface area contributed by atoms with Crippen molar-refractivity contribution in [2.75, 3.05) is 12.9 Å². The smallest absolute Gasteiger partial charge is 0.230 e. The van der Waals surface area contributed by atoms with Crippen LogP contribution in [0.4, 0.5) is 0 Å². The van der Waals surface area contributed by atoms with Gasteiger partial charge < -0.3 is 10.1 Å². The van der Waals surface area contributed by atoms with E-state index in [2.05, 4.69) is 27.0 Å². The van der Waals surface area contributed by atoms with E-state index in [0.717, 1.165) is 28.7 Å². The molecular weight excluding hydrogens is 372 g/mol. The van der Waals surface area contributed by atoms with E-state index in [9.17, 15) is 4.79 Å². The van der Waals surface area contributed by atoms with Gasteiger partial charge in [0.05, 0.1) is 12.9 Å². The van der Waals surface area contributed by atoms with Gasteiger partial charge in [0, 0.05) is 17.6 Å². The maximum absolute atomic E-state index is 12.1. The molecule has 28 heavy (non-hydrogen) atoms. The largest absolute Gasteiger partial charge is 0.497 e. The number of aromatic nitrogens is 3. The Morgan fingerprint density at radius 3 is 2.61 bits per heavy atom. The number of ether oxygens (including phenoxy) is 1. The summed E-state index contributed by atoms with van der Waals surface area (Å²) in [5, 5.41) is 12.7. The van der Waals surface area contributed by atoms with Crippen LogP contribution < -0.4 is 10.1 Å². The molecule has 3 rings (SSSR count). The molecule has 1 fully saturated rings. The van der Waals surface area contributed by atoms with Gasteiger partial charge >= 0.3 is 0 Å². The minimum atomic E-state index is 0.0252. The molecule has 1 aliphatic rings. The van der Waals surface area contributed by atoms with Gasteiger partial charge in [-0.3, -0.25) is 9.36 Å². The van der Waals surface area contributed by atoms with E-state index in [1.54, 1.807) is 7.11 Å². The molecule has 1 heterocycles. The van der Waals surface area contributed by atoms with E-state index in [1.165, 1.54) is 31.0 Å². The van der Waals surface area contributed by atoms with E-state index in [0.29, 0.717) is 17.7 Å². The Hall–Kier alpha value is -2.02. The number of nitrogens with zero attached hydrogens (tertiary/aromatic N) is 3. The van der Waals surface area contributed by atoms with Crippen LogP contribution in [0.1, 0.15) is 52.5 Å². The number of hydrogen-bond donors (Lipinski definition) is 1. The fourth-order valence-electron chi connectivity index (χ4n) is 3.79. The van der Waals surface area contributed by atoms with Gasteiger partial charge in [-0.15, -0.1) is 10.2 Å². The third-order valence-corrected chi connectivity index (χ3v) is 6.14. The molecule has 2 aromatic rings. The Labute approximate surface area is 171 Å². The number of hydrogen-bond acceptors (Lipinski definition) is 5. The molecule has 0 radical (unpaired) electrons. The summed E-state index contributed by atoms with van der Waals surface area (Å²) in [6.45, 7) is 6.24. The topological polar surface area (TPSA) is 69.0 Å². The van der Waals surface area contributed by atoms with Gasteiger partial charge in [-0.1, -0.05) is 31.5 Å². The van der Waals surface area contributed by atoms with Crippen LogP contribution in [0.5, 0.6) is 5.75 Å². The summed E-state index contributed by atoms with van der Waals surface area (Å²) >= 11 is 1.47. The first kappa shape index (κ1) is 20.7. The van der Waals surface area contributed by atoms with Gasteiger partial charge in [-0.05, 0) is 56.9 Å². The Balaban J connectivity index is 1.90. The Morgan fingerprint density at radius 2 is 1.96 bits per heavy atom. The van der Waals surface area contributed by atoms with Crippen molar-refractivity contribution < 1.29 is 9.53 Å². The summed E-state index contributed by atoms with van der Waals surface area (Å²) in [5.74, 6) is 2.62. The Bertz CT molecular complexity index is 788. The molecule has 1 aliphatic carbocycles. The van der Waals surface area contributed by atoms with E-state index in [4.69, 9.17) is 4.74 Å². The van der Waals surface area contributed by atoms with Crippen LogP contribution in [0, 0.1) is 5.92 Å². The quantitative estimate of drug-likeness (QED) is 0.699. The Kier molecular flexibility index (Phi) is 6.99. The van der Waals surface area contributed by atoms with E-state index >= 15 is 0 Å². The van der Waals surface area contributed by atoms with Gasteiger partial charge in [0.2, 0.25) is 5.91 Å². The maximum atomic E-state index is 12.1. The number of benzene rings is 1. The highest BCUT2D eigenvalue weighted by atomic mass is 32.2. The SMILES string of the molecule is COc1ccc(-c2nnc(SCC(=O)NC(C)C)n2[C@@H]2CCCC[C@@H]2C)cc1. The molecule has 6 nitrogen and oxygen atoms in total. The second kappa shape index (κ2) is 9.45. The van der Waals surface area contributed by atoms with Crippen molar-refractivity contribution in [3.8, 4) is 17.1 Å². The summed E-state index contributed by atoms with van der Waals surface area (Å²) < 4.78 is 7.54. The van der Waals surface area contributed by atoms with E-state index in [1.807, 2.05) is 38.1 Å². The van der Waals surface area contributed by atoms with Crippen molar-refractivity contribution >= 4 is 17.7 Å². The number of carbonyl (C=O) groups is 1. The minimum Gasteiger partial charge on any atom is -0.497 e. The minimum absolute atomic E-state index is 0.0252. The summed E-state index contributed by atoms with van der Waals surface area (Å²) in [7, 11) is 1.66. The highest BCUT2D eigenvalue weighted by Gasteiger charge is 2.29. The van der Waals surface area contributed by atoms with Crippen molar-refractivity contribution in [1.82, 2.24) is 20.1 Å². The zero-order valence-corrected chi connectivity index (χ0v) is 18.0. The first-order chi connectivity index (χ1) is 13.5. The fourth-order valence-corrected chi connectivity index (χ4v) is 4.59. The van der Waals surface area contributed by atoms with Crippen LogP contribution in [-0.4, -0.2) is 39.6 Å². The molecule has 1 aromatic carbocycles. The average Bonchev–Trinajstić information content (AvgIpc) is 3.10. The summed E-state index contributed by atoms with van der Waals surface area (Å²) in [4.78, 5) is 12.1. The van der Waals surface area contributed by atoms with E-state index in [-0.39, 0.29) is 11.9 Å². The standard InChI is InChI=1S/C21H30N4O2S/c1-14(2)22-19(26)13-28-21-24-23-20(16-9-11-17(27-4)12-10-16)25(21)18-8-6-5-7-15(18)3/h9-12,14-15,18H,5-8,13H2,1-4H3,(H,22,26)/t15-,18+/m0/s1. The maximum Gasteiger partial charge on any atom is 0.230 e. The van der Waals surface area contributed by atoms with Crippen molar-refractivity contribution in [1.29, 1.82) is 0 Å². The molecule has 1 amide bonds. The third-order valence-electron chi connectivity index (χ3n) is 5.19. The van der Waals surface area contributed by atoms with Crippen molar-refractivity contribution in [2.24, 2.45) is 5.92 Å². The molecule has 0 bridgehead atoms. The zero-order chi connectivity index (χ0) is 20.1. The van der Waals surface area contributed by atoms with Crippen molar-refractivity contribution in [3.05, 3.63) is 24.3 Å². The van der Waals surface area contributed by atoms with Crippen LogP contribution in [0.15, 0.2) is 29.4 Å². The molecular formula is C21H30N4O2S. The predicted octanol–water partition coefficient (Wildman–Crippen LogP) is 4.32. The predicted molar refractivity (Wildman–Crippen MR) is 113 cm³/mol. The van der Waals surface area contributed by atoms with Gasteiger partial charge in [-0.2, -0.15) is 0 Å². The molecule has 0 spiro atoms. The molecule has 1 N–H and O–H groups in total.